The topological polar surface area (TPSA) is 54.2 Å². The van der Waals surface area contributed by atoms with Gasteiger partial charge in [0, 0.05) is 31.0 Å². The maximum Gasteiger partial charge on any atom is 0.141 e. The van der Waals surface area contributed by atoms with E-state index in [-0.39, 0.29) is 0 Å². The molecule has 1 unspecified atom stereocenters. The van der Waals surface area contributed by atoms with E-state index in [1.807, 2.05) is 12.3 Å². The lowest BCUT2D eigenvalue weighted by atomic mass is 9.98. The molecule has 1 fully saturated rings. The van der Waals surface area contributed by atoms with E-state index < -0.39 is 0 Å². The van der Waals surface area contributed by atoms with E-state index in [9.17, 15) is 0 Å². The highest BCUT2D eigenvalue weighted by Gasteiger charge is 2.16. The molecule has 17 heavy (non-hydrogen) atoms. The third kappa shape index (κ3) is 3.09. The monoisotopic (exact) mass is 234 g/mol. The minimum absolute atomic E-state index is 0.735. The molecule has 1 saturated heterocycles. The lowest BCUT2D eigenvalue weighted by Gasteiger charge is -2.23. The van der Waals surface area contributed by atoms with Crippen LogP contribution in [0.3, 0.4) is 0 Å². The van der Waals surface area contributed by atoms with Crippen molar-refractivity contribution in [2.24, 2.45) is 11.8 Å². The molecule has 2 rings (SSSR count). The fourth-order valence-electron chi connectivity index (χ4n) is 2.53. The summed E-state index contributed by atoms with van der Waals surface area (Å²) in [5, 5.41) is 0. The molecule has 1 aromatic rings. The van der Waals surface area contributed by atoms with Gasteiger partial charge in [0.2, 0.25) is 0 Å². The van der Waals surface area contributed by atoms with Crippen molar-refractivity contribution >= 4 is 11.5 Å². The molecule has 0 spiro atoms. The number of nitrogens with one attached hydrogen (secondary N) is 1. The summed E-state index contributed by atoms with van der Waals surface area (Å²) >= 11 is 0. The van der Waals surface area contributed by atoms with Gasteiger partial charge in [-0.25, -0.2) is 10.8 Å². The average molecular weight is 234 g/mol. The molecule has 4 nitrogen and oxygen atoms in total. The quantitative estimate of drug-likeness (QED) is 0.623. The lowest BCUT2D eigenvalue weighted by molar-refractivity contribution is 0.459. The summed E-state index contributed by atoms with van der Waals surface area (Å²) in [6.07, 6.45) is 7.06. The molecule has 2 heterocycles. The molecule has 94 valence electrons. The Morgan fingerprint density at radius 3 is 3.12 bits per heavy atom. The van der Waals surface area contributed by atoms with Gasteiger partial charge in [-0.2, -0.15) is 0 Å². The first-order valence-corrected chi connectivity index (χ1v) is 6.51. The highest BCUT2D eigenvalue weighted by atomic mass is 15.2. The second-order valence-electron chi connectivity index (χ2n) is 4.74. The molecular formula is C13H22N4. The number of nitrogens with two attached hydrogens (primary N) is 1. The van der Waals surface area contributed by atoms with Gasteiger partial charge in [0.15, 0.2) is 0 Å². The summed E-state index contributed by atoms with van der Waals surface area (Å²) in [5.41, 5.74) is 3.83. The fraction of sp³-hybridized carbons (Fsp3) is 0.615. The van der Waals surface area contributed by atoms with Gasteiger partial charge >= 0.3 is 0 Å². The van der Waals surface area contributed by atoms with Gasteiger partial charge in [-0.15, -0.1) is 0 Å². The maximum atomic E-state index is 5.39. The first-order valence-electron chi connectivity index (χ1n) is 6.51. The minimum atomic E-state index is 0.735. The Morgan fingerprint density at radius 2 is 2.35 bits per heavy atom. The molecule has 3 N–H and O–H groups in total. The van der Waals surface area contributed by atoms with Gasteiger partial charge in [-0.3, -0.25) is 0 Å². The predicted octanol–water partition coefficient (Wildman–Crippen LogP) is 2.38. The van der Waals surface area contributed by atoms with E-state index in [0.29, 0.717) is 0 Å². The molecule has 4 heteroatoms. The van der Waals surface area contributed by atoms with Crippen molar-refractivity contribution in [3.63, 3.8) is 0 Å². The number of hydrogen-bond donors (Lipinski definition) is 2. The normalized spacial score (nSPS) is 21.1. The van der Waals surface area contributed by atoms with Crippen LogP contribution in [0.4, 0.5) is 11.5 Å². The average Bonchev–Trinajstić information content (AvgIpc) is 2.64. The van der Waals surface area contributed by atoms with Gasteiger partial charge in [0.1, 0.15) is 5.82 Å². The molecule has 1 atom stereocenters. The van der Waals surface area contributed by atoms with Gasteiger partial charge in [-0.1, -0.05) is 13.3 Å². The van der Waals surface area contributed by atoms with Crippen LogP contribution in [-0.2, 0) is 0 Å². The lowest BCUT2D eigenvalue weighted by Crippen LogP contribution is -2.24. The molecule has 1 aliphatic rings. The molecule has 0 amide bonds. The summed E-state index contributed by atoms with van der Waals surface area (Å²) in [5.74, 6) is 7.02. The zero-order valence-electron chi connectivity index (χ0n) is 10.5. The number of aromatic nitrogens is 1. The smallest absolute Gasteiger partial charge is 0.141 e. The van der Waals surface area contributed by atoms with Crippen molar-refractivity contribution in [1.29, 1.82) is 0 Å². The van der Waals surface area contributed by atoms with Crippen molar-refractivity contribution in [2.75, 3.05) is 23.4 Å². The van der Waals surface area contributed by atoms with E-state index in [1.54, 1.807) is 0 Å². The van der Waals surface area contributed by atoms with Crippen molar-refractivity contribution in [2.45, 2.75) is 32.6 Å². The highest BCUT2D eigenvalue weighted by Crippen LogP contribution is 2.25. The van der Waals surface area contributed by atoms with Gasteiger partial charge in [0.25, 0.3) is 0 Å². The molecule has 0 bridgehead atoms. The molecule has 0 aliphatic carbocycles. The highest BCUT2D eigenvalue weighted by molar-refractivity contribution is 5.53. The number of pyridine rings is 1. The van der Waals surface area contributed by atoms with Crippen molar-refractivity contribution < 1.29 is 0 Å². The Hall–Kier alpha value is -1.29. The summed E-state index contributed by atoms with van der Waals surface area (Å²) < 4.78 is 0. The van der Waals surface area contributed by atoms with Crippen LogP contribution in [0, 0.1) is 5.92 Å². The first-order chi connectivity index (χ1) is 8.33. The van der Waals surface area contributed by atoms with Gasteiger partial charge < -0.3 is 10.3 Å². The maximum absolute atomic E-state index is 5.39. The number of nitrogens with zero attached hydrogens (tertiary/aromatic N) is 2. The predicted molar refractivity (Wildman–Crippen MR) is 71.9 cm³/mol. The Morgan fingerprint density at radius 1 is 1.47 bits per heavy atom. The number of rotatable bonds is 3. The van der Waals surface area contributed by atoms with Crippen LogP contribution >= 0.6 is 0 Å². The first kappa shape index (κ1) is 12.2. The fourth-order valence-corrected chi connectivity index (χ4v) is 2.53. The summed E-state index contributed by atoms with van der Waals surface area (Å²) in [6.45, 7) is 4.58. The molecule has 0 saturated carbocycles. The SMILES string of the molecule is CCC1CCCN(c2ccnc(NN)c2)CC1. The molecule has 0 aromatic carbocycles. The van der Waals surface area contributed by atoms with Crippen molar-refractivity contribution in [3.05, 3.63) is 18.3 Å². The summed E-state index contributed by atoms with van der Waals surface area (Å²) in [4.78, 5) is 6.59. The van der Waals surface area contributed by atoms with Crippen LogP contribution in [-0.4, -0.2) is 18.1 Å². The third-order valence-corrected chi connectivity index (χ3v) is 3.68. The Kier molecular flexibility index (Phi) is 4.20. The van der Waals surface area contributed by atoms with Crippen LogP contribution in [0.2, 0.25) is 0 Å². The van der Waals surface area contributed by atoms with Crippen LogP contribution in [0.1, 0.15) is 32.6 Å². The Balaban J connectivity index is 2.05. The van der Waals surface area contributed by atoms with E-state index >= 15 is 0 Å². The zero-order chi connectivity index (χ0) is 12.1. The molecule has 0 radical (unpaired) electrons. The summed E-state index contributed by atoms with van der Waals surface area (Å²) in [6, 6.07) is 4.08. The van der Waals surface area contributed by atoms with Crippen LogP contribution < -0.4 is 16.2 Å². The second-order valence-corrected chi connectivity index (χ2v) is 4.74. The van der Waals surface area contributed by atoms with Crippen molar-refractivity contribution in [3.8, 4) is 0 Å². The Labute approximate surface area is 103 Å². The minimum Gasteiger partial charge on any atom is -0.371 e. The van der Waals surface area contributed by atoms with Gasteiger partial charge in [0.05, 0.1) is 0 Å². The largest absolute Gasteiger partial charge is 0.371 e. The van der Waals surface area contributed by atoms with Crippen LogP contribution in [0.15, 0.2) is 18.3 Å². The number of anilines is 2. The summed E-state index contributed by atoms with van der Waals surface area (Å²) in [7, 11) is 0. The van der Waals surface area contributed by atoms with Crippen LogP contribution in [0.5, 0.6) is 0 Å². The third-order valence-electron chi connectivity index (χ3n) is 3.68. The molecular weight excluding hydrogens is 212 g/mol. The number of nitrogen functional groups attached to an aromatic ring is 1. The van der Waals surface area contributed by atoms with Gasteiger partial charge in [-0.05, 0) is 31.2 Å². The zero-order valence-corrected chi connectivity index (χ0v) is 10.5. The molecule has 1 aliphatic heterocycles. The van der Waals surface area contributed by atoms with E-state index in [1.165, 1.54) is 31.4 Å². The van der Waals surface area contributed by atoms with E-state index in [2.05, 4.69) is 28.3 Å². The second kappa shape index (κ2) is 5.87. The van der Waals surface area contributed by atoms with E-state index in [0.717, 1.165) is 24.8 Å². The van der Waals surface area contributed by atoms with Crippen LogP contribution in [0.25, 0.3) is 0 Å². The van der Waals surface area contributed by atoms with Crippen molar-refractivity contribution in [1.82, 2.24) is 4.98 Å². The number of hydrogen-bond acceptors (Lipinski definition) is 4. The Bertz CT molecular complexity index is 353. The molecule has 1 aromatic heterocycles. The number of hydrazine groups is 1. The standard InChI is InChI=1S/C13H22N4/c1-2-11-4-3-8-17(9-6-11)12-5-7-15-13(10-12)16-14/h5,7,10-11H,2-4,6,8-9,14H2,1H3,(H,15,16). The van der Waals surface area contributed by atoms with E-state index in [4.69, 9.17) is 5.84 Å².